The van der Waals surface area contributed by atoms with Crippen LogP contribution in [0.5, 0.6) is 17.2 Å². The van der Waals surface area contributed by atoms with Crippen LogP contribution in [0.25, 0.3) is 11.0 Å². The second-order valence-corrected chi connectivity index (χ2v) is 12.9. The van der Waals surface area contributed by atoms with E-state index in [1.165, 1.54) is 13.2 Å². The van der Waals surface area contributed by atoms with Crippen molar-refractivity contribution >= 4 is 22.7 Å². The number of imidazole rings is 1. The fourth-order valence-electron chi connectivity index (χ4n) is 7.49. The Morgan fingerprint density at radius 1 is 1.10 bits per heavy atom. The summed E-state index contributed by atoms with van der Waals surface area (Å²) in [4.78, 5) is 22.5. The molecule has 0 radical (unpaired) electrons. The standard InChI is InChI=1S/C36H36FN5O6/c1-36(24-8-7-21(18-38)15-25(24)37)47-30-6-4-5-28(34(30)48-36)41-13-12-40(26-9-10-27(26)41)20-32-39-33-29(42(32)19-23-11-14-46-23)16-22(35(43)45-3)17-31(33)44-2/h4-8,15-17,23,26-27H,9-14,19-20H2,1-3H3/t23-,26-,27+,36-/m0/s1. The predicted molar refractivity (Wildman–Crippen MR) is 173 cm³/mol. The van der Waals surface area contributed by atoms with Gasteiger partial charge in [-0.15, -0.1) is 0 Å². The quantitative estimate of drug-likeness (QED) is 0.238. The van der Waals surface area contributed by atoms with Crippen molar-refractivity contribution in [2.24, 2.45) is 0 Å². The molecule has 8 rings (SSSR count). The van der Waals surface area contributed by atoms with Gasteiger partial charge in [-0.05, 0) is 61.7 Å². The Bertz CT molecular complexity index is 1970. The molecule has 0 spiro atoms. The van der Waals surface area contributed by atoms with Crippen molar-refractivity contribution in [1.82, 2.24) is 14.5 Å². The number of carbonyl (C=O) groups excluding carboxylic acids is 1. The van der Waals surface area contributed by atoms with Crippen molar-refractivity contribution in [3.05, 3.63) is 76.9 Å². The molecule has 3 fully saturated rings. The van der Waals surface area contributed by atoms with Crippen molar-refractivity contribution in [3.63, 3.8) is 0 Å². The third-order valence-electron chi connectivity index (χ3n) is 10.2. The van der Waals surface area contributed by atoms with Crippen LogP contribution >= 0.6 is 0 Å². The van der Waals surface area contributed by atoms with Crippen LogP contribution in [-0.2, 0) is 28.4 Å². The van der Waals surface area contributed by atoms with Gasteiger partial charge in [0.25, 0.3) is 5.79 Å². The van der Waals surface area contributed by atoms with Crippen LogP contribution in [0.4, 0.5) is 10.1 Å². The number of piperazine rings is 1. The number of halogens is 1. The number of ether oxygens (including phenoxy) is 5. The first-order valence-corrected chi connectivity index (χ1v) is 16.3. The van der Waals surface area contributed by atoms with Crippen molar-refractivity contribution in [1.29, 1.82) is 5.26 Å². The molecule has 3 aromatic carbocycles. The van der Waals surface area contributed by atoms with Crippen LogP contribution in [-0.4, -0.2) is 72.5 Å². The molecule has 0 bridgehead atoms. The summed E-state index contributed by atoms with van der Waals surface area (Å²) in [6.07, 6.45) is 3.13. The van der Waals surface area contributed by atoms with E-state index >= 15 is 4.39 Å². The number of rotatable bonds is 8. The average molecular weight is 654 g/mol. The van der Waals surface area contributed by atoms with Gasteiger partial charge >= 0.3 is 5.97 Å². The maximum Gasteiger partial charge on any atom is 0.338 e. The van der Waals surface area contributed by atoms with Crippen LogP contribution in [0.3, 0.4) is 0 Å². The summed E-state index contributed by atoms with van der Waals surface area (Å²) in [5.74, 6) is 0.242. The molecule has 4 atom stereocenters. The van der Waals surface area contributed by atoms with Crippen LogP contribution in [0.15, 0.2) is 48.5 Å². The molecule has 1 saturated carbocycles. The molecule has 1 aromatic heterocycles. The lowest BCUT2D eigenvalue weighted by Gasteiger charge is -2.54. The molecule has 4 aliphatic rings. The van der Waals surface area contributed by atoms with E-state index in [9.17, 15) is 10.1 Å². The Kier molecular flexibility index (Phi) is 7.42. The molecular weight excluding hydrogens is 617 g/mol. The summed E-state index contributed by atoms with van der Waals surface area (Å²) in [5, 5.41) is 9.19. The zero-order chi connectivity index (χ0) is 33.2. The van der Waals surface area contributed by atoms with E-state index in [0.29, 0.717) is 47.5 Å². The third-order valence-corrected chi connectivity index (χ3v) is 10.2. The van der Waals surface area contributed by atoms with Gasteiger partial charge < -0.3 is 33.2 Å². The maximum absolute atomic E-state index is 15.1. The smallest absolute Gasteiger partial charge is 0.338 e. The Balaban J connectivity index is 1.06. The van der Waals surface area contributed by atoms with Crippen LogP contribution in [0.2, 0.25) is 0 Å². The highest BCUT2D eigenvalue weighted by atomic mass is 19.1. The van der Waals surface area contributed by atoms with Crippen molar-refractivity contribution in [2.75, 3.05) is 38.8 Å². The molecule has 12 heteroatoms. The number of hydrogen-bond donors (Lipinski definition) is 0. The minimum absolute atomic E-state index is 0.0908. The van der Waals surface area contributed by atoms with Gasteiger partial charge in [-0.2, -0.15) is 5.26 Å². The van der Waals surface area contributed by atoms with E-state index in [0.717, 1.165) is 56.0 Å². The van der Waals surface area contributed by atoms with E-state index < -0.39 is 17.6 Å². The molecule has 2 saturated heterocycles. The Morgan fingerprint density at radius 2 is 1.94 bits per heavy atom. The summed E-state index contributed by atoms with van der Waals surface area (Å²) < 4.78 is 46.5. The number of para-hydroxylation sites is 1. The molecule has 0 amide bonds. The molecule has 3 aliphatic heterocycles. The molecule has 11 nitrogen and oxygen atoms in total. The minimum Gasteiger partial charge on any atom is -0.494 e. The lowest BCUT2D eigenvalue weighted by molar-refractivity contribution is -0.0706. The van der Waals surface area contributed by atoms with Crippen LogP contribution in [0.1, 0.15) is 53.5 Å². The first kappa shape index (κ1) is 30.5. The van der Waals surface area contributed by atoms with Crippen LogP contribution in [0, 0.1) is 17.1 Å². The lowest BCUT2D eigenvalue weighted by Crippen LogP contribution is -2.64. The zero-order valence-electron chi connectivity index (χ0n) is 27.1. The van der Waals surface area contributed by atoms with Crippen LogP contribution < -0.4 is 19.1 Å². The van der Waals surface area contributed by atoms with Gasteiger partial charge in [0.15, 0.2) is 11.5 Å². The zero-order valence-corrected chi connectivity index (χ0v) is 27.1. The monoisotopic (exact) mass is 653 g/mol. The molecule has 0 unspecified atom stereocenters. The van der Waals surface area contributed by atoms with Crippen molar-refractivity contribution in [2.45, 2.75) is 63.3 Å². The van der Waals surface area contributed by atoms with E-state index in [4.69, 9.17) is 28.7 Å². The van der Waals surface area contributed by atoms with Crippen molar-refractivity contribution < 1.29 is 32.9 Å². The van der Waals surface area contributed by atoms with Gasteiger partial charge in [-0.3, -0.25) is 4.90 Å². The molecule has 248 valence electrons. The highest BCUT2D eigenvalue weighted by Crippen LogP contribution is 2.51. The lowest BCUT2D eigenvalue weighted by atomic mass is 9.81. The summed E-state index contributed by atoms with van der Waals surface area (Å²) in [6.45, 7) is 5.27. The molecular formula is C36H36FN5O6. The fourth-order valence-corrected chi connectivity index (χ4v) is 7.49. The SMILES string of the molecule is COC(=O)c1cc(OC)c2nc(CN3CCN(c4cccc5c4O[C@@](C)(c4ccc(C#N)cc4F)O5)[C@@H]4CC[C@@H]43)n(C[C@@H]3CCO3)c2c1. The minimum atomic E-state index is -1.37. The topological polar surface area (TPSA) is 111 Å². The highest BCUT2D eigenvalue weighted by molar-refractivity contribution is 5.96. The second-order valence-electron chi connectivity index (χ2n) is 12.9. The first-order chi connectivity index (χ1) is 23.3. The summed E-state index contributed by atoms with van der Waals surface area (Å²) in [7, 11) is 2.95. The number of fused-ring (bicyclic) bond motifs is 3. The number of esters is 1. The molecule has 48 heavy (non-hydrogen) atoms. The molecule has 4 heterocycles. The van der Waals surface area contributed by atoms with Gasteiger partial charge in [-0.25, -0.2) is 14.2 Å². The molecule has 4 aromatic rings. The fraction of sp³-hybridized carbons (Fsp3) is 0.417. The van der Waals surface area contributed by atoms with Gasteiger partial charge in [0.2, 0.25) is 0 Å². The summed E-state index contributed by atoms with van der Waals surface area (Å²) in [6, 6.07) is 16.2. The number of nitriles is 1. The largest absolute Gasteiger partial charge is 0.494 e. The number of hydrogen-bond acceptors (Lipinski definition) is 10. The highest BCUT2D eigenvalue weighted by Gasteiger charge is 2.47. The maximum atomic E-state index is 15.1. The number of aromatic nitrogens is 2. The van der Waals surface area contributed by atoms with Gasteiger partial charge in [0, 0.05) is 38.7 Å². The number of benzene rings is 3. The third kappa shape index (κ3) is 4.91. The first-order valence-electron chi connectivity index (χ1n) is 16.3. The van der Waals surface area contributed by atoms with E-state index in [2.05, 4.69) is 14.4 Å². The molecule has 0 N–H and O–H groups in total. The van der Waals surface area contributed by atoms with Gasteiger partial charge in [-0.1, -0.05) is 6.07 Å². The Labute approximate surface area is 277 Å². The van der Waals surface area contributed by atoms with E-state index in [1.54, 1.807) is 32.2 Å². The number of methoxy groups -OCH3 is 2. The van der Waals surface area contributed by atoms with E-state index in [-0.39, 0.29) is 23.3 Å². The number of nitrogens with zero attached hydrogens (tertiary/aromatic N) is 5. The van der Waals surface area contributed by atoms with Gasteiger partial charge in [0.05, 0.1) is 67.4 Å². The number of anilines is 1. The van der Waals surface area contributed by atoms with E-state index in [1.807, 2.05) is 30.3 Å². The second kappa shape index (κ2) is 11.7. The Morgan fingerprint density at radius 3 is 2.62 bits per heavy atom. The summed E-state index contributed by atoms with van der Waals surface area (Å²) in [5.41, 5.74) is 3.35. The van der Waals surface area contributed by atoms with Gasteiger partial charge in [0.1, 0.15) is 22.9 Å². The summed E-state index contributed by atoms with van der Waals surface area (Å²) >= 11 is 0. The molecule has 1 aliphatic carbocycles. The predicted octanol–water partition coefficient (Wildman–Crippen LogP) is 5.13. The Hall–Kier alpha value is -4.86. The normalized spacial score (nSPS) is 24.4. The average Bonchev–Trinajstić information content (AvgIpc) is 3.59. The number of carbonyl (C=O) groups is 1. The van der Waals surface area contributed by atoms with Crippen molar-refractivity contribution in [3.8, 4) is 23.3 Å².